The standard InChI is InChI=1S/C12H18N2O3S/c1-4-7-14(2)18(15,16)12-6-5-10(9-13)8-11(12)17-3/h4-6,8H,1,7,9,13H2,2-3H3. The molecule has 100 valence electrons. The van der Waals surface area contributed by atoms with Gasteiger partial charge in [-0.25, -0.2) is 8.42 Å². The molecule has 2 N–H and O–H groups in total. The predicted molar refractivity (Wildman–Crippen MR) is 70.9 cm³/mol. The lowest BCUT2D eigenvalue weighted by molar-refractivity contribution is 0.399. The first-order valence-electron chi connectivity index (χ1n) is 5.41. The summed E-state index contributed by atoms with van der Waals surface area (Å²) in [4.78, 5) is 0.131. The number of nitrogens with zero attached hydrogens (tertiary/aromatic N) is 1. The molecule has 0 bridgehead atoms. The van der Waals surface area contributed by atoms with Gasteiger partial charge in [0.15, 0.2) is 0 Å². The van der Waals surface area contributed by atoms with Crippen LogP contribution in [-0.2, 0) is 16.6 Å². The van der Waals surface area contributed by atoms with Gasteiger partial charge in [0.1, 0.15) is 10.6 Å². The average Bonchev–Trinajstić information content (AvgIpc) is 2.38. The molecule has 1 aromatic carbocycles. The maximum atomic E-state index is 12.3. The zero-order chi connectivity index (χ0) is 13.8. The molecule has 1 aromatic rings. The Bertz CT molecular complexity index is 526. The Balaban J connectivity index is 3.27. The molecule has 0 aromatic heterocycles. The number of nitrogens with two attached hydrogens (primary N) is 1. The van der Waals surface area contributed by atoms with E-state index >= 15 is 0 Å². The smallest absolute Gasteiger partial charge is 0.246 e. The topological polar surface area (TPSA) is 72.6 Å². The summed E-state index contributed by atoms with van der Waals surface area (Å²) in [5.41, 5.74) is 6.33. The van der Waals surface area contributed by atoms with E-state index in [0.29, 0.717) is 12.3 Å². The lowest BCUT2D eigenvalue weighted by atomic mass is 10.2. The fourth-order valence-corrected chi connectivity index (χ4v) is 2.77. The van der Waals surface area contributed by atoms with Gasteiger partial charge in [0, 0.05) is 20.1 Å². The molecule has 0 amide bonds. The van der Waals surface area contributed by atoms with Gasteiger partial charge in [0.25, 0.3) is 0 Å². The normalized spacial score (nSPS) is 11.6. The molecule has 18 heavy (non-hydrogen) atoms. The molecule has 0 saturated carbocycles. The predicted octanol–water partition coefficient (Wildman–Crippen LogP) is 0.960. The second kappa shape index (κ2) is 5.99. The van der Waals surface area contributed by atoms with E-state index in [1.807, 2.05) is 0 Å². The molecule has 1 rings (SSSR count). The Hall–Kier alpha value is -1.37. The van der Waals surface area contributed by atoms with Gasteiger partial charge in [-0.2, -0.15) is 4.31 Å². The van der Waals surface area contributed by atoms with Crippen LogP contribution in [0.5, 0.6) is 5.75 Å². The summed E-state index contributed by atoms with van der Waals surface area (Å²) in [6, 6.07) is 4.82. The van der Waals surface area contributed by atoms with Crippen LogP contribution in [0, 0.1) is 0 Å². The van der Waals surface area contributed by atoms with Crippen LogP contribution in [0.3, 0.4) is 0 Å². The summed E-state index contributed by atoms with van der Waals surface area (Å²) < 4.78 is 30.9. The zero-order valence-corrected chi connectivity index (χ0v) is 11.4. The van der Waals surface area contributed by atoms with E-state index in [-0.39, 0.29) is 11.4 Å². The Labute approximate surface area is 108 Å². The number of methoxy groups -OCH3 is 1. The van der Waals surface area contributed by atoms with Crippen LogP contribution in [0.1, 0.15) is 5.56 Å². The highest BCUT2D eigenvalue weighted by molar-refractivity contribution is 7.89. The minimum atomic E-state index is -3.57. The number of likely N-dealkylation sites (N-methyl/N-ethyl adjacent to an activating group) is 1. The van der Waals surface area contributed by atoms with Crippen LogP contribution in [0.4, 0.5) is 0 Å². The van der Waals surface area contributed by atoms with E-state index in [0.717, 1.165) is 5.56 Å². The Morgan fingerprint density at radius 1 is 1.50 bits per heavy atom. The number of hydrogen-bond donors (Lipinski definition) is 1. The highest BCUT2D eigenvalue weighted by atomic mass is 32.2. The molecule has 0 aliphatic rings. The van der Waals surface area contributed by atoms with Crippen molar-refractivity contribution in [1.82, 2.24) is 4.31 Å². The molecule has 0 aliphatic carbocycles. The Kier molecular flexibility index (Phi) is 4.89. The highest BCUT2D eigenvalue weighted by Gasteiger charge is 2.23. The van der Waals surface area contributed by atoms with Crippen LogP contribution in [0.15, 0.2) is 35.7 Å². The molecule has 0 fully saturated rings. The monoisotopic (exact) mass is 270 g/mol. The number of hydrogen-bond acceptors (Lipinski definition) is 4. The number of sulfonamides is 1. The van der Waals surface area contributed by atoms with Crippen molar-refractivity contribution in [3.05, 3.63) is 36.4 Å². The van der Waals surface area contributed by atoms with Crippen molar-refractivity contribution in [3.8, 4) is 5.75 Å². The lowest BCUT2D eigenvalue weighted by Gasteiger charge is -2.17. The first-order valence-corrected chi connectivity index (χ1v) is 6.85. The number of rotatable bonds is 6. The SMILES string of the molecule is C=CCN(C)S(=O)(=O)c1ccc(CN)cc1OC. The molecule has 0 unspecified atom stereocenters. The van der Waals surface area contributed by atoms with Gasteiger partial charge in [0.05, 0.1) is 7.11 Å². The Morgan fingerprint density at radius 2 is 2.17 bits per heavy atom. The van der Waals surface area contributed by atoms with Crippen molar-refractivity contribution in [2.75, 3.05) is 20.7 Å². The van der Waals surface area contributed by atoms with E-state index < -0.39 is 10.0 Å². The quantitative estimate of drug-likeness (QED) is 0.781. The van der Waals surface area contributed by atoms with Crippen LogP contribution >= 0.6 is 0 Å². The third kappa shape index (κ3) is 2.90. The van der Waals surface area contributed by atoms with Gasteiger partial charge in [-0.15, -0.1) is 6.58 Å². The maximum absolute atomic E-state index is 12.3. The molecule has 0 heterocycles. The van der Waals surface area contributed by atoms with Gasteiger partial charge in [-0.1, -0.05) is 12.1 Å². The van der Waals surface area contributed by atoms with Crippen molar-refractivity contribution in [2.45, 2.75) is 11.4 Å². The molecule has 0 radical (unpaired) electrons. The Morgan fingerprint density at radius 3 is 2.67 bits per heavy atom. The summed E-state index contributed by atoms with van der Waals surface area (Å²) in [6.45, 7) is 4.10. The maximum Gasteiger partial charge on any atom is 0.246 e. The molecule has 6 heteroatoms. The van der Waals surface area contributed by atoms with Crippen molar-refractivity contribution in [3.63, 3.8) is 0 Å². The summed E-state index contributed by atoms with van der Waals surface area (Å²) in [5, 5.41) is 0. The van der Waals surface area contributed by atoms with Gasteiger partial charge < -0.3 is 10.5 Å². The number of benzene rings is 1. The van der Waals surface area contributed by atoms with Gasteiger partial charge in [-0.3, -0.25) is 0 Å². The van der Waals surface area contributed by atoms with Crippen molar-refractivity contribution < 1.29 is 13.2 Å². The van der Waals surface area contributed by atoms with E-state index in [4.69, 9.17) is 10.5 Å². The minimum absolute atomic E-state index is 0.131. The second-order valence-corrected chi connectivity index (χ2v) is 5.78. The molecule has 0 aliphatic heterocycles. The molecule has 0 saturated heterocycles. The summed E-state index contributed by atoms with van der Waals surface area (Å²) >= 11 is 0. The van der Waals surface area contributed by atoms with Crippen LogP contribution in [0.2, 0.25) is 0 Å². The van der Waals surface area contributed by atoms with Gasteiger partial charge in [-0.05, 0) is 17.7 Å². The van der Waals surface area contributed by atoms with E-state index in [1.54, 1.807) is 12.1 Å². The lowest BCUT2D eigenvalue weighted by Crippen LogP contribution is -2.27. The van der Waals surface area contributed by atoms with Crippen LogP contribution in [-0.4, -0.2) is 33.4 Å². The average molecular weight is 270 g/mol. The summed E-state index contributed by atoms with van der Waals surface area (Å²) in [5.74, 6) is 0.300. The van der Waals surface area contributed by atoms with E-state index in [9.17, 15) is 8.42 Å². The zero-order valence-electron chi connectivity index (χ0n) is 10.6. The largest absolute Gasteiger partial charge is 0.495 e. The van der Waals surface area contributed by atoms with Crippen LogP contribution in [0.25, 0.3) is 0 Å². The molecular weight excluding hydrogens is 252 g/mol. The second-order valence-electron chi connectivity index (χ2n) is 3.76. The molecular formula is C12H18N2O3S. The van der Waals surface area contributed by atoms with Gasteiger partial charge in [0.2, 0.25) is 10.0 Å². The first-order chi connectivity index (χ1) is 8.47. The number of ether oxygens (including phenoxy) is 1. The van der Waals surface area contributed by atoms with Gasteiger partial charge >= 0.3 is 0 Å². The fraction of sp³-hybridized carbons (Fsp3) is 0.333. The van der Waals surface area contributed by atoms with Crippen LogP contribution < -0.4 is 10.5 Å². The summed E-state index contributed by atoms with van der Waals surface area (Å²) in [6.07, 6.45) is 1.53. The highest BCUT2D eigenvalue weighted by Crippen LogP contribution is 2.27. The van der Waals surface area contributed by atoms with E-state index in [1.165, 1.54) is 30.6 Å². The molecule has 0 atom stereocenters. The summed E-state index contributed by atoms with van der Waals surface area (Å²) in [7, 11) is -0.647. The third-order valence-electron chi connectivity index (χ3n) is 2.54. The fourth-order valence-electron chi connectivity index (χ4n) is 1.50. The molecule has 0 spiro atoms. The minimum Gasteiger partial charge on any atom is -0.495 e. The van der Waals surface area contributed by atoms with E-state index in [2.05, 4.69) is 6.58 Å². The first kappa shape index (κ1) is 14.7. The van der Waals surface area contributed by atoms with Crippen molar-refractivity contribution in [2.24, 2.45) is 5.73 Å². The third-order valence-corrected chi connectivity index (χ3v) is 4.40. The van der Waals surface area contributed by atoms with Crippen molar-refractivity contribution >= 4 is 10.0 Å². The van der Waals surface area contributed by atoms with Crippen molar-refractivity contribution in [1.29, 1.82) is 0 Å². The molecule has 5 nitrogen and oxygen atoms in total.